The lowest BCUT2D eigenvalue weighted by molar-refractivity contribution is 0.261. The normalized spacial score (nSPS) is 15.9. The molecule has 0 aromatic rings. The maximum Gasteiger partial charge on any atom is 0.0118 e. The Labute approximate surface area is 90.7 Å². The molecule has 0 bridgehead atoms. The van der Waals surface area contributed by atoms with Gasteiger partial charge in [0.2, 0.25) is 0 Å². The van der Waals surface area contributed by atoms with Crippen molar-refractivity contribution in [3.05, 3.63) is 0 Å². The van der Waals surface area contributed by atoms with Gasteiger partial charge in [0.15, 0.2) is 0 Å². The Morgan fingerprint density at radius 3 is 2.00 bits per heavy atom. The largest absolute Gasteiger partial charge is 0.313 e. The molecule has 0 aromatic carbocycles. The van der Waals surface area contributed by atoms with E-state index in [0.29, 0.717) is 0 Å². The van der Waals surface area contributed by atoms with Gasteiger partial charge in [-0.15, -0.1) is 0 Å². The van der Waals surface area contributed by atoms with E-state index >= 15 is 0 Å². The van der Waals surface area contributed by atoms with Gasteiger partial charge in [0.05, 0.1) is 0 Å². The van der Waals surface area contributed by atoms with Gasteiger partial charge in [-0.25, -0.2) is 0 Å². The SMILES string of the molecule is CCCNC(C(C)C)C(CC)CCC. The van der Waals surface area contributed by atoms with Crippen molar-refractivity contribution in [2.75, 3.05) is 6.54 Å². The Morgan fingerprint density at radius 2 is 1.64 bits per heavy atom. The van der Waals surface area contributed by atoms with E-state index in [1.165, 1.54) is 32.2 Å². The molecule has 0 radical (unpaired) electrons. The monoisotopic (exact) mass is 199 g/mol. The van der Waals surface area contributed by atoms with Crippen LogP contribution in [0, 0.1) is 11.8 Å². The van der Waals surface area contributed by atoms with Crippen molar-refractivity contribution in [3.8, 4) is 0 Å². The number of rotatable bonds is 8. The lowest BCUT2D eigenvalue weighted by Gasteiger charge is -2.30. The highest BCUT2D eigenvalue weighted by molar-refractivity contribution is 4.78. The van der Waals surface area contributed by atoms with Crippen molar-refractivity contribution in [2.24, 2.45) is 11.8 Å². The third-order valence-electron chi connectivity index (χ3n) is 3.04. The second-order valence-corrected chi connectivity index (χ2v) is 4.68. The second-order valence-electron chi connectivity index (χ2n) is 4.68. The highest BCUT2D eigenvalue weighted by Crippen LogP contribution is 2.21. The number of nitrogens with one attached hydrogen (secondary N) is 1. The van der Waals surface area contributed by atoms with Crippen LogP contribution in [0.1, 0.15) is 60.3 Å². The Bertz CT molecular complexity index is 120. The van der Waals surface area contributed by atoms with Gasteiger partial charge in [-0.05, 0) is 31.2 Å². The standard InChI is InChI=1S/C13H29N/c1-6-9-12(8-3)13(11(4)5)14-10-7-2/h11-14H,6-10H2,1-5H3. The Kier molecular flexibility index (Phi) is 8.26. The fourth-order valence-electron chi connectivity index (χ4n) is 2.27. The van der Waals surface area contributed by atoms with Gasteiger partial charge in [-0.1, -0.05) is 47.5 Å². The molecule has 86 valence electrons. The van der Waals surface area contributed by atoms with Crippen LogP contribution in [0.5, 0.6) is 0 Å². The minimum Gasteiger partial charge on any atom is -0.313 e. The van der Waals surface area contributed by atoms with E-state index in [-0.39, 0.29) is 0 Å². The minimum atomic E-state index is 0.722. The summed E-state index contributed by atoms with van der Waals surface area (Å²) in [4.78, 5) is 0. The molecule has 0 amide bonds. The molecule has 0 rings (SSSR count). The molecule has 0 saturated heterocycles. The highest BCUT2D eigenvalue weighted by Gasteiger charge is 2.21. The van der Waals surface area contributed by atoms with Gasteiger partial charge < -0.3 is 5.32 Å². The first-order valence-electron chi connectivity index (χ1n) is 6.40. The van der Waals surface area contributed by atoms with E-state index in [9.17, 15) is 0 Å². The molecule has 2 unspecified atom stereocenters. The van der Waals surface area contributed by atoms with Crippen LogP contribution >= 0.6 is 0 Å². The van der Waals surface area contributed by atoms with Crippen LogP contribution in [-0.2, 0) is 0 Å². The zero-order valence-electron chi connectivity index (χ0n) is 10.8. The average molecular weight is 199 g/mol. The van der Waals surface area contributed by atoms with Crippen LogP contribution in [0.25, 0.3) is 0 Å². The Morgan fingerprint density at radius 1 is 1.00 bits per heavy atom. The molecule has 0 saturated carbocycles. The first kappa shape index (κ1) is 14.0. The fraction of sp³-hybridized carbons (Fsp3) is 1.00. The quantitative estimate of drug-likeness (QED) is 0.626. The van der Waals surface area contributed by atoms with Crippen LogP contribution in [0.4, 0.5) is 0 Å². The van der Waals surface area contributed by atoms with Crippen LogP contribution in [0.15, 0.2) is 0 Å². The lowest BCUT2D eigenvalue weighted by atomic mass is 9.85. The molecule has 0 spiro atoms. The predicted octanol–water partition coefficient (Wildman–Crippen LogP) is 3.84. The van der Waals surface area contributed by atoms with Crippen molar-refractivity contribution in [2.45, 2.75) is 66.3 Å². The highest BCUT2D eigenvalue weighted by atomic mass is 14.9. The topological polar surface area (TPSA) is 12.0 Å². The summed E-state index contributed by atoms with van der Waals surface area (Å²) in [6.07, 6.45) is 5.24. The summed E-state index contributed by atoms with van der Waals surface area (Å²) in [6, 6.07) is 0.722. The summed E-state index contributed by atoms with van der Waals surface area (Å²) in [6.45, 7) is 12.7. The summed E-state index contributed by atoms with van der Waals surface area (Å²) >= 11 is 0. The van der Waals surface area contributed by atoms with Crippen molar-refractivity contribution < 1.29 is 0 Å². The molecule has 0 heterocycles. The van der Waals surface area contributed by atoms with Crippen LogP contribution < -0.4 is 5.32 Å². The van der Waals surface area contributed by atoms with E-state index in [2.05, 4.69) is 39.9 Å². The van der Waals surface area contributed by atoms with Gasteiger partial charge in [0.25, 0.3) is 0 Å². The van der Waals surface area contributed by atoms with Crippen molar-refractivity contribution in [1.82, 2.24) is 5.32 Å². The molecule has 1 nitrogen and oxygen atoms in total. The van der Waals surface area contributed by atoms with Crippen molar-refractivity contribution in [3.63, 3.8) is 0 Å². The van der Waals surface area contributed by atoms with Gasteiger partial charge in [0.1, 0.15) is 0 Å². The van der Waals surface area contributed by atoms with E-state index in [0.717, 1.165) is 17.9 Å². The first-order valence-corrected chi connectivity index (χ1v) is 6.40. The molecule has 0 fully saturated rings. The van der Waals surface area contributed by atoms with E-state index in [1.54, 1.807) is 0 Å². The molecular weight excluding hydrogens is 170 g/mol. The number of hydrogen-bond acceptors (Lipinski definition) is 1. The van der Waals surface area contributed by atoms with Crippen molar-refractivity contribution >= 4 is 0 Å². The molecule has 1 heteroatoms. The second kappa shape index (κ2) is 8.28. The van der Waals surface area contributed by atoms with E-state index in [1.807, 2.05) is 0 Å². The maximum absolute atomic E-state index is 3.70. The summed E-state index contributed by atoms with van der Waals surface area (Å²) < 4.78 is 0. The van der Waals surface area contributed by atoms with E-state index < -0.39 is 0 Å². The smallest absolute Gasteiger partial charge is 0.0118 e. The molecule has 0 aliphatic rings. The average Bonchev–Trinajstić information content (AvgIpc) is 2.16. The maximum atomic E-state index is 3.70. The van der Waals surface area contributed by atoms with Crippen LogP contribution in [-0.4, -0.2) is 12.6 Å². The van der Waals surface area contributed by atoms with Crippen molar-refractivity contribution in [1.29, 1.82) is 0 Å². The summed E-state index contributed by atoms with van der Waals surface area (Å²) in [5, 5.41) is 3.70. The molecule has 2 atom stereocenters. The zero-order valence-corrected chi connectivity index (χ0v) is 10.8. The van der Waals surface area contributed by atoms with Gasteiger partial charge in [0, 0.05) is 6.04 Å². The molecular formula is C13H29N. The zero-order chi connectivity index (χ0) is 11.0. The van der Waals surface area contributed by atoms with E-state index in [4.69, 9.17) is 0 Å². The number of hydrogen-bond donors (Lipinski definition) is 1. The summed E-state index contributed by atoms with van der Waals surface area (Å²) in [5.41, 5.74) is 0. The fourth-order valence-corrected chi connectivity index (χ4v) is 2.27. The summed E-state index contributed by atoms with van der Waals surface area (Å²) in [5.74, 6) is 1.63. The Hall–Kier alpha value is -0.0400. The first-order chi connectivity index (χ1) is 6.67. The Balaban J connectivity index is 4.12. The minimum absolute atomic E-state index is 0.722. The molecule has 0 aromatic heterocycles. The van der Waals surface area contributed by atoms with Gasteiger partial charge in [-0.3, -0.25) is 0 Å². The molecule has 1 N–H and O–H groups in total. The third kappa shape index (κ3) is 4.99. The molecule has 0 aliphatic heterocycles. The van der Waals surface area contributed by atoms with Crippen LogP contribution in [0.3, 0.4) is 0 Å². The lowest BCUT2D eigenvalue weighted by Crippen LogP contribution is -2.40. The van der Waals surface area contributed by atoms with Gasteiger partial charge in [-0.2, -0.15) is 0 Å². The predicted molar refractivity (Wildman–Crippen MR) is 65.6 cm³/mol. The summed E-state index contributed by atoms with van der Waals surface area (Å²) in [7, 11) is 0. The molecule has 0 aliphatic carbocycles. The van der Waals surface area contributed by atoms with Gasteiger partial charge >= 0.3 is 0 Å². The third-order valence-corrected chi connectivity index (χ3v) is 3.04. The molecule has 14 heavy (non-hydrogen) atoms. The van der Waals surface area contributed by atoms with Crippen LogP contribution in [0.2, 0.25) is 0 Å².